The molecule has 1 aromatic carbocycles. The van der Waals surface area contributed by atoms with Crippen LogP contribution in [0.15, 0.2) is 34.1 Å². The van der Waals surface area contributed by atoms with Gasteiger partial charge < -0.3 is 10.2 Å². The van der Waals surface area contributed by atoms with Crippen LogP contribution in [-0.2, 0) is 0 Å². The molecule has 2 N–H and O–H groups in total. The molecule has 98 valence electrons. The van der Waals surface area contributed by atoms with E-state index >= 15 is 0 Å². The number of halogens is 1. The van der Waals surface area contributed by atoms with Crippen LogP contribution < -0.4 is 5.73 Å². The zero-order valence-corrected chi connectivity index (χ0v) is 11.6. The van der Waals surface area contributed by atoms with Gasteiger partial charge in [0.15, 0.2) is 0 Å². The monoisotopic (exact) mass is 275 g/mol. The lowest BCUT2D eigenvalue weighted by atomic mass is 10.0. The Bertz CT molecular complexity index is 744. The Morgan fingerprint density at radius 1 is 1.26 bits per heavy atom. The number of hydrogen-bond acceptors (Lipinski definition) is 3. The van der Waals surface area contributed by atoms with Gasteiger partial charge in [-0.05, 0) is 49.1 Å². The van der Waals surface area contributed by atoms with E-state index in [-0.39, 0.29) is 11.9 Å². The molecule has 3 rings (SSSR count). The number of thiophene rings is 1. The SMILES string of the molecule is Cc1sccc1C(N)c1oc2ccc(F)cc2c1C. The van der Waals surface area contributed by atoms with E-state index in [2.05, 4.69) is 0 Å². The molecule has 0 radical (unpaired) electrons. The maximum absolute atomic E-state index is 13.3. The maximum atomic E-state index is 13.3. The molecular weight excluding hydrogens is 261 g/mol. The lowest BCUT2D eigenvalue weighted by Gasteiger charge is -2.09. The van der Waals surface area contributed by atoms with E-state index in [4.69, 9.17) is 10.2 Å². The number of rotatable bonds is 2. The van der Waals surface area contributed by atoms with Crippen molar-refractivity contribution in [3.63, 3.8) is 0 Å². The van der Waals surface area contributed by atoms with Crippen molar-refractivity contribution in [1.29, 1.82) is 0 Å². The van der Waals surface area contributed by atoms with E-state index in [0.717, 1.165) is 16.5 Å². The molecule has 0 amide bonds. The quantitative estimate of drug-likeness (QED) is 0.757. The Morgan fingerprint density at radius 2 is 2.05 bits per heavy atom. The number of hydrogen-bond donors (Lipinski definition) is 1. The highest BCUT2D eigenvalue weighted by Gasteiger charge is 2.20. The zero-order valence-electron chi connectivity index (χ0n) is 10.7. The molecular formula is C15H14FNOS. The third kappa shape index (κ3) is 1.97. The standard InChI is InChI=1S/C15H14FNOS/c1-8-12-7-10(16)3-4-13(12)18-15(8)14(17)11-5-6-19-9(11)2/h3-7,14H,17H2,1-2H3. The fourth-order valence-electron chi connectivity index (χ4n) is 2.37. The minimum absolute atomic E-state index is 0.261. The number of furan rings is 1. The molecule has 0 aliphatic heterocycles. The van der Waals surface area contributed by atoms with Crippen LogP contribution in [0.2, 0.25) is 0 Å². The molecule has 0 aliphatic carbocycles. The number of fused-ring (bicyclic) bond motifs is 1. The van der Waals surface area contributed by atoms with E-state index in [1.165, 1.54) is 17.0 Å². The molecule has 2 nitrogen and oxygen atoms in total. The zero-order chi connectivity index (χ0) is 13.6. The summed E-state index contributed by atoms with van der Waals surface area (Å²) in [5.41, 5.74) is 8.93. The molecule has 19 heavy (non-hydrogen) atoms. The first kappa shape index (κ1) is 12.4. The van der Waals surface area contributed by atoms with E-state index in [1.54, 1.807) is 17.4 Å². The topological polar surface area (TPSA) is 39.2 Å². The second kappa shape index (κ2) is 4.47. The molecule has 0 saturated heterocycles. The predicted molar refractivity (Wildman–Crippen MR) is 76.0 cm³/mol. The Balaban J connectivity index is 2.15. The number of aryl methyl sites for hydroxylation is 2. The van der Waals surface area contributed by atoms with Crippen molar-refractivity contribution in [2.24, 2.45) is 5.73 Å². The van der Waals surface area contributed by atoms with Gasteiger partial charge in [0.25, 0.3) is 0 Å². The Morgan fingerprint density at radius 3 is 2.74 bits per heavy atom. The first-order valence-electron chi connectivity index (χ1n) is 6.06. The Labute approximate surface area is 114 Å². The van der Waals surface area contributed by atoms with Crippen molar-refractivity contribution in [2.45, 2.75) is 19.9 Å². The first-order valence-corrected chi connectivity index (χ1v) is 6.94. The van der Waals surface area contributed by atoms with Crippen molar-refractivity contribution in [2.75, 3.05) is 0 Å². The van der Waals surface area contributed by atoms with Gasteiger partial charge in [0.1, 0.15) is 17.2 Å². The minimum atomic E-state index is -0.304. The predicted octanol–water partition coefficient (Wildman–Crippen LogP) is 4.30. The number of nitrogens with two attached hydrogens (primary N) is 1. The van der Waals surface area contributed by atoms with Crippen LogP contribution >= 0.6 is 11.3 Å². The third-order valence-corrected chi connectivity index (χ3v) is 4.31. The van der Waals surface area contributed by atoms with Crippen LogP contribution in [0.4, 0.5) is 4.39 Å². The summed E-state index contributed by atoms with van der Waals surface area (Å²) in [7, 11) is 0. The first-order chi connectivity index (χ1) is 9.08. The van der Waals surface area contributed by atoms with Gasteiger partial charge in [-0.1, -0.05) is 0 Å². The van der Waals surface area contributed by atoms with Gasteiger partial charge in [0.05, 0.1) is 6.04 Å². The van der Waals surface area contributed by atoms with Crippen molar-refractivity contribution in [1.82, 2.24) is 0 Å². The van der Waals surface area contributed by atoms with Gasteiger partial charge in [0, 0.05) is 15.8 Å². The van der Waals surface area contributed by atoms with Gasteiger partial charge in [-0.15, -0.1) is 11.3 Å². The summed E-state index contributed by atoms with van der Waals surface area (Å²) in [4.78, 5) is 1.18. The smallest absolute Gasteiger partial charge is 0.134 e. The summed E-state index contributed by atoms with van der Waals surface area (Å²) < 4.78 is 19.1. The molecule has 0 bridgehead atoms. The van der Waals surface area contributed by atoms with Crippen LogP contribution in [-0.4, -0.2) is 0 Å². The van der Waals surface area contributed by atoms with Crippen molar-refractivity contribution in [3.05, 3.63) is 57.2 Å². The molecule has 0 saturated carbocycles. The average Bonchev–Trinajstić information content (AvgIpc) is 2.94. The van der Waals surface area contributed by atoms with Crippen molar-refractivity contribution < 1.29 is 8.81 Å². The van der Waals surface area contributed by atoms with Crippen LogP contribution in [0.5, 0.6) is 0 Å². The van der Waals surface area contributed by atoms with Crippen LogP contribution in [0.3, 0.4) is 0 Å². The molecule has 2 heterocycles. The minimum Gasteiger partial charge on any atom is -0.459 e. The summed E-state index contributed by atoms with van der Waals surface area (Å²) in [5.74, 6) is 0.449. The highest BCUT2D eigenvalue weighted by molar-refractivity contribution is 7.10. The fraction of sp³-hybridized carbons (Fsp3) is 0.200. The molecule has 0 spiro atoms. The average molecular weight is 275 g/mol. The lowest BCUT2D eigenvalue weighted by molar-refractivity contribution is 0.520. The normalized spacial score (nSPS) is 13.1. The summed E-state index contributed by atoms with van der Waals surface area (Å²) >= 11 is 1.66. The summed E-state index contributed by atoms with van der Waals surface area (Å²) in [6, 6.07) is 6.25. The largest absolute Gasteiger partial charge is 0.459 e. The molecule has 1 unspecified atom stereocenters. The van der Waals surface area contributed by atoms with E-state index in [0.29, 0.717) is 11.3 Å². The highest BCUT2D eigenvalue weighted by atomic mass is 32.1. The van der Waals surface area contributed by atoms with E-state index in [9.17, 15) is 4.39 Å². The molecule has 1 atom stereocenters. The highest BCUT2D eigenvalue weighted by Crippen LogP contribution is 2.34. The molecule has 2 aromatic heterocycles. The van der Waals surface area contributed by atoms with E-state index < -0.39 is 0 Å². The lowest BCUT2D eigenvalue weighted by Crippen LogP contribution is -2.12. The van der Waals surface area contributed by atoms with Crippen molar-refractivity contribution >= 4 is 22.3 Å². The molecule has 0 aliphatic rings. The van der Waals surface area contributed by atoms with Crippen LogP contribution in [0.1, 0.15) is 27.8 Å². The van der Waals surface area contributed by atoms with Crippen LogP contribution in [0, 0.1) is 19.7 Å². The van der Waals surface area contributed by atoms with Crippen LogP contribution in [0.25, 0.3) is 11.0 Å². The Kier molecular flexibility index (Phi) is 2.92. The number of benzene rings is 1. The van der Waals surface area contributed by atoms with Gasteiger partial charge in [-0.2, -0.15) is 0 Å². The summed E-state index contributed by atoms with van der Waals surface area (Å²) in [5, 5.41) is 2.81. The summed E-state index contributed by atoms with van der Waals surface area (Å²) in [6.45, 7) is 3.96. The van der Waals surface area contributed by atoms with E-state index in [1.807, 2.05) is 25.3 Å². The van der Waals surface area contributed by atoms with Gasteiger partial charge in [0.2, 0.25) is 0 Å². The molecule has 3 aromatic rings. The van der Waals surface area contributed by atoms with Gasteiger partial charge in [-0.3, -0.25) is 0 Å². The molecule has 0 fully saturated rings. The third-order valence-electron chi connectivity index (χ3n) is 3.45. The second-order valence-electron chi connectivity index (χ2n) is 4.64. The summed E-state index contributed by atoms with van der Waals surface area (Å²) in [6.07, 6.45) is 0. The van der Waals surface area contributed by atoms with Gasteiger partial charge >= 0.3 is 0 Å². The van der Waals surface area contributed by atoms with Crippen molar-refractivity contribution in [3.8, 4) is 0 Å². The Hall–Kier alpha value is -1.65. The second-order valence-corrected chi connectivity index (χ2v) is 5.76. The van der Waals surface area contributed by atoms with Gasteiger partial charge in [-0.25, -0.2) is 4.39 Å². The maximum Gasteiger partial charge on any atom is 0.134 e. The molecule has 4 heteroatoms. The fourth-order valence-corrected chi connectivity index (χ4v) is 3.12.